The summed E-state index contributed by atoms with van der Waals surface area (Å²) in [5.41, 5.74) is 2.51. The molecule has 0 saturated carbocycles. The van der Waals surface area contributed by atoms with Gasteiger partial charge in [-0.2, -0.15) is 0 Å². The molecule has 1 amide bonds. The smallest absolute Gasteiger partial charge is 0.261 e. The Kier molecular flexibility index (Phi) is 4.95. The summed E-state index contributed by atoms with van der Waals surface area (Å²) in [7, 11) is -2.16. The molecule has 1 fully saturated rings. The minimum absolute atomic E-state index is 0.0537. The molecule has 1 saturated heterocycles. The summed E-state index contributed by atoms with van der Waals surface area (Å²) in [4.78, 5) is 15.5. The Balaban J connectivity index is 1.67. The number of morpholine rings is 1. The van der Waals surface area contributed by atoms with Crippen LogP contribution >= 0.6 is 11.6 Å². The third kappa shape index (κ3) is 3.43. The molecule has 7 nitrogen and oxygen atoms in total. The van der Waals surface area contributed by atoms with Crippen molar-refractivity contribution in [3.05, 3.63) is 47.0 Å². The Morgan fingerprint density at radius 3 is 2.64 bits per heavy atom. The Morgan fingerprint density at radius 2 is 1.89 bits per heavy atom. The summed E-state index contributed by atoms with van der Waals surface area (Å²) in [6.45, 7) is 2.38. The predicted octanol–water partition coefficient (Wildman–Crippen LogP) is 2.50. The summed E-state index contributed by atoms with van der Waals surface area (Å²) in [5.74, 6) is -0.0537. The number of hydrogen-bond acceptors (Lipinski definition) is 5. The van der Waals surface area contributed by atoms with Gasteiger partial charge in [0, 0.05) is 25.8 Å². The highest BCUT2D eigenvalue weighted by atomic mass is 35.5. The molecule has 28 heavy (non-hydrogen) atoms. The summed E-state index contributed by atoms with van der Waals surface area (Å²) >= 11 is 6.39. The van der Waals surface area contributed by atoms with Gasteiger partial charge in [0.15, 0.2) is 0 Å². The quantitative estimate of drug-likeness (QED) is 0.820. The van der Waals surface area contributed by atoms with E-state index in [1.54, 1.807) is 37.4 Å². The largest absolute Gasteiger partial charge is 0.378 e. The number of halogens is 1. The molecule has 2 aliphatic rings. The van der Waals surface area contributed by atoms with Gasteiger partial charge in [-0.3, -0.25) is 9.52 Å². The molecule has 2 aromatic rings. The van der Waals surface area contributed by atoms with Crippen LogP contribution in [0.2, 0.25) is 5.02 Å². The van der Waals surface area contributed by atoms with Gasteiger partial charge in [0.25, 0.3) is 10.0 Å². The predicted molar refractivity (Wildman–Crippen MR) is 109 cm³/mol. The fourth-order valence-electron chi connectivity index (χ4n) is 3.52. The lowest BCUT2D eigenvalue weighted by molar-refractivity contribution is -0.117. The zero-order chi connectivity index (χ0) is 19.9. The lowest BCUT2D eigenvalue weighted by Gasteiger charge is -2.31. The van der Waals surface area contributed by atoms with Crippen LogP contribution in [0, 0.1) is 0 Å². The van der Waals surface area contributed by atoms with Gasteiger partial charge < -0.3 is 14.5 Å². The van der Waals surface area contributed by atoms with E-state index in [2.05, 4.69) is 4.72 Å². The van der Waals surface area contributed by atoms with Gasteiger partial charge in [0.1, 0.15) is 0 Å². The number of likely N-dealkylation sites (N-methyl/N-ethyl adjacent to an activating group) is 1. The number of anilines is 3. The van der Waals surface area contributed by atoms with Crippen LogP contribution < -0.4 is 14.5 Å². The van der Waals surface area contributed by atoms with Gasteiger partial charge in [0.2, 0.25) is 5.91 Å². The van der Waals surface area contributed by atoms with E-state index in [4.69, 9.17) is 16.3 Å². The van der Waals surface area contributed by atoms with Crippen molar-refractivity contribution in [2.24, 2.45) is 0 Å². The highest BCUT2D eigenvalue weighted by Gasteiger charge is 2.27. The summed E-state index contributed by atoms with van der Waals surface area (Å²) in [6.07, 6.45) is 0.200. The average molecular weight is 422 g/mol. The van der Waals surface area contributed by atoms with Crippen LogP contribution in [0.25, 0.3) is 0 Å². The summed E-state index contributed by atoms with van der Waals surface area (Å²) in [6, 6.07) is 9.86. The number of ether oxygens (including phenoxy) is 1. The van der Waals surface area contributed by atoms with Crippen LogP contribution in [0.1, 0.15) is 5.56 Å². The number of sulfonamides is 1. The Hall–Kier alpha value is -2.29. The Labute approximate surface area is 168 Å². The number of rotatable bonds is 4. The molecule has 0 spiro atoms. The average Bonchev–Trinajstić information content (AvgIpc) is 2.96. The van der Waals surface area contributed by atoms with E-state index >= 15 is 0 Å². The lowest BCUT2D eigenvalue weighted by Crippen LogP contribution is -2.37. The van der Waals surface area contributed by atoms with Crippen LogP contribution in [0.5, 0.6) is 0 Å². The SMILES string of the molecule is CN1C(=O)Cc2cc(S(=O)(=O)Nc3cccc(Cl)c3N3CCOCC3)ccc21. The van der Waals surface area contributed by atoms with Crippen LogP contribution in [0.3, 0.4) is 0 Å². The number of nitrogens with one attached hydrogen (secondary N) is 1. The molecular weight excluding hydrogens is 402 g/mol. The van der Waals surface area contributed by atoms with E-state index in [1.165, 1.54) is 11.0 Å². The van der Waals surface area contributed by atoms with Crippen molar-refractivity contribution in [3.8, 4) is 0 Å². The van der Waals surface area contributed by atoms with Crippen molar-refractivity contribution < 1.29 is 17.9 Å². The van der Waals surface area contributed by atoms with E-state index in [0.717, 1.165) is 5.69 Å². The fraction of sp³-hybridized carbons (Fsp3) is 0.316. The first-order valence-electron chi connectivity index (χ1n) is 8.90. The Morgan fingerprint density at radius 1 is 1.14 bits per heavy atom. The van der Waals surface area contributed by atoms with Gasteiger partial charge in [-0.25, -0.2) is 8.42 Å². The van der Waals surface area contributed by atoms with Gasteiger partial charge in [-0.15, -0.1) is 0 Å². The monoisotopic (exact) mass is 421 g/mol. The number of carbonyl (C=O) groups excluding carboxylic acids is 1. The maximum absolute atomic E-state index is 13.0. The normalized spacial score (nSPS) is 17.0. The second-order valence-electron chi connectivity index (χ2n) is 6.76. The third-order valence-corrected chi connectivity index (χ3v) is 6.66. The summed E-state index contributed by atoms with van der Waals surface area (Å²) < 4.78 is 34.1. The molecule has 0 bridgehead atoms. The molecule has 2 aromatic carbocycles. The molecule has 4 rings (SSSR count). The minimum atomic E-state index is -3.84. The zero-order valence-electron chi connectivity index (χ0n) is 15.3. The number of hydrogen-bond donors (Lipinski definition) is 1. The number of carbonyl (C=O) groups is 1. The van der Waals surface area contributed by atoms with Gasteiger partial charge in [-0.05, 0) is 35.9 Å². The second-order valence-corrected chi connectivity index (χ2v) is 8.85. The zero-order valence-corrected chi connectivity index (χ0v) is 16.9. The summed E-state index contributed by atoms with van der Waals surface area (Å²) in [5, 5.41) is 0.475. The van der Waals surface area contributed by atoms with Crippen molar-refractivity contribution in [2.75, 3.05) is 47.9 Å². The van der Waals surface area contributed by atoms with Crippen molar-refractivity contribution in [2.45, 2.75) is 11.3 Å². The van der Waals surface area contributed by atoms with Crippen LogP contribution in [0.15, 0.2) is 41.3 Å². The van der Waals surface area contributed by atoms with Gasteiger partial charge >= 0.3 is 0 Å². The molecule has 9 heteroatoms. The molecule has 0 aliphatic carbocycles. The maximum atomic E-state index is 13.0. The number of amides is 1. The number of nitrogens with zero attached hydrogens (tertiary/aromatic N) is 2. The van der Waals surface area contributed by atoms with Crippen LogP contribution in [0.4, 0.5) is 17.1 Å². The maximum Gasteiger partial charge on any atom is 0.261 e. The fourth-order valence-corrected chi connectivity index (χ4v) is 4.93. The van der Waals surface area contributed by atoms with Gasteiger partial charge in [0.05, 0.1) is 40.9 Å². The molecule has 148 valence electrons. The van der Waals surface area contributed by atoms with E-state index in [0.29, 0.717) is 48.3 Å². The number of fused-ring (bicyclic) bond motifs is 1. The molecule has 0 aromatic heterocycles. The second kappa shape index (κ2) is 7.27. The van der Waals surface area contributed by atoms with E-state index in [-0.39, 0.29) is 17.2 Å². The first kappa shape index (κ1) is 19.0. The van der Waals surface area contributed by atoms with E-state index < -0.39 is 10.0 Å². The van der Waals surface area contributed by atoms with Crippen LogP contribution in [-0.2, 0) is 26.0 Å². The van der Waals surface area contributed by atoms with Crippen molar-refractivity contribution in [1.82, 2.24) is 0 Å². The first-order valence-corrected chi connectivity index (χ1v) is 10.8. The molecule has 2 aliphatic heterocycles. The molecular formula is C19H20ClN3O4S. The highest BCUT2D eigenvalue weighted by molar-refractivity contribution is 7.92. The molecule has 2 heterocycles. The standard InChI is InChI=1S/C19H20ClN3O4S/c1-22-17-6-5-14(11-13(17)12-18(22)24)28(25,26)21-16-4-2-3-15(20)19(16)23-7-9-27-10-8-23/h2-6,11,21H,7-10,12H2,1H3. The van der Waals surface area contributed by atoms with E-state index in [1.807, 2.05) is 4.90 Å². The number of benzene rings is 2. The Bertz CT molecular complexity index is 1040. The highest BCUT2D eigenvalue weighted by Crippen LogP contribution is 2.36. The molecule has 0 atom stereocenters. The van der Waals surface area contributed by atoms with Crippen LogP contribution in [-0.4, -0.2) is 47.7 Å². The molecule has 1 N–H and O–H groups in total. The van der Waals surface area contributed by atoms with Crippen molar-refractivity contribution in [1.29, 1.82) is 0 Å². The number of para-hydroxylation sites is 1. The topological polar surface area (TPSA) is 79.0 Å². The molecule has 0 unspecified atom stereocenters. The third-order valence-electron chi connectivity index (χ3n) is 5.00. The lowest BCUT2D eigenvalue weighted by atomic mass is 10.2. The van der Waals surface area contributed by atoms with Gasteiger partial charge in [-0.1, -0.05) is 17.7 Å². The van der Waals surface area contributed by atoms with Crippen molar-refractivity contribution in [3.63, 3.8) is 0 Å². The van der Waals surface area contributed by atoms with Crippen molar-refractivity contribution >= 4 is 44.6 Å². The minimum Gasteiger partial charge on any atom is -0.378 e. The van der Waals surface area contributed by atoms with E-state index in [9.17, 15) is 13.2 Å². The first-order chi connectivity index (χ1) is 13.4. The molecule has 0 radical (unpaired) electrons.